The van der Waals surface area contributed by atoms with Crippen molar-refractivity contribution in [3.63, 3.8) is 0 Å². The van der Waals surface area contributed by atoms with Gasteiger partial charge in [0.05, 0.1) is 11.5 Å². The highest BCUT2D eigenvalue weighted by Gasteiger charge is 2.30. The number of hydrogen-bond acceptors (Lipinski definition) is 5. The van der Waals surface area contributed by atoms with Crippen LogP contribution in [0.2, 0.25) is 0 Å². The van der Waals surface area contributed by atoms with Crippen molar-refractivity contribution in [2.24, 2.45) is 5.92 Å². The third-order valence-electron chi connectivity index (χ3n) is 5.12. The minimum Gasteiger partial charge on any atom is -0.365 e. The van der Waals surface area contributed by atoms with Crippen molar-refractivity contribution in [3.8, 4) is 11.1 Å². The van der Waals surface area contributed by atoms with Crippen LogP contribution in [0.5, 0.6) is 0 Å². The summed E-state index contributed by atoms with van der Waals surface area (Å²) in [6.45, 7) is 2.42. The number of piperidine rings is 1. The van der Waals surface area contributed by atoms with Gasteiger partial charge in [0.25, 0.3) is 0 Å². The minimum absolute atomic E-state index is 0.0227. The molecule has 1 aliphatic heterocycles. The zero-order valence-electron chi connectivity index (χ0n) is 15.5. The Balaban J connectivity index is 1.71. The van der Waals surface area contributed by atoms with E-state index in [1.807, 2.05) is 6.92 Å². The molecule has 0 unspecified atom stereocenters. The molecule has 0 aliphatic carbocycles. The predicted molar refractivity (Wildman–Crippen MR) is 102 cm³/mol. The van der Waals surface area contributed by atoms with E-state index in [2.05, 4.69) is 25.6 Å². The fraction of sp³-hybridized carbons (Fsp3) is 0.300. The van der Waals surface area contributed by atoms with E-state index in [-0.39, 0.29) is 17.9 Å². The van der Waals surface area contributed by atoms with Crippen LogP contribution >= 0.6 is 0 Å². The van der Waals surface area contributed by atoms with Gasteiger partial charge >= 0.3 is 6.18 Å². The molecule has 0 bridgehead atoms. The SMILES string of the molecule is C[C@@H]1C(=O)NCC[C@@H]1Nc1ncc(-c2ccc(C(F)(F)F)cc2)c2nccnc12. The van der Waals surface area contributed by atoms with Gasteiger partial charge in [-0.05, 0) is 24.1 Å². The standard InChI is InChI=1S/C20H18F3N5O/c1-11-15(6-7-26-19(11)29)28-18-17-16(24-8-9-25-17)14(10-27-18)12-2-4-13(5-3-12)20(21,22)23/h2-5,8-11,15H,6-7H2,1H3,(H,26,29)(H,27,28)/t11-,15-/m0/s1. The number of alkyl halides is 3. The molecule has 0 spiro atoms. The zero-order valence-corrected chi connectivity index (χ0v) is 15.5. The summed E-state index contributed by atoms with van der Waals surface area (Å²) in [6.07, 6.45) is 0.973. The average Bonchev–Trinajstić information content (AvgIpc) is 2.71. The molecule has 1 aliphatic rings. The van der Waals surface area contributed by atoms with Gasteiger partial charge in [-0.15, -0.1) is 0 Å². The second kappa shape index (κ2) is 7.31. The molecular weight excluding hydrogens is 383 g/mol. The number of carbonyl (C=O) groups is 1. The predicted octanol–water partition coefficient (Wildman–Crippen LogP) is 3.65. The smallest absolute Gasteiger partial charge is 0.365 e. The molecule has 150 valence electrons. The van der Waals surface area contributed by atoms with Gasteiger partial charge in [0, 0.05) is 36.7 Å². The van der Waals surface area contributed by atoms with Crippen molar-refractivity contribution in [3.05, 3.63) is 48.4 Å². The van der Waals surface area contributed by atoms with E-state index in [4.69, 9.17) is 0 Å². The van der Waals surface area contributed by atoms with Gasteiger partial charge in [-0.2, -0.15) is 13.2 Å². The molecular formula is C20H18F3N5O. The number of rotatable bonds is 3. The molecule has 1 fully saturated rings. The number of benzene rings is 1. The first-order valence-electron chi connectivity index (χ1n) is 9.16. The maximum Gasteiger partial charge on any atom is 0.416 e. The monoisotopic (exact) mass is 401 g/mol. The topological polar surface area (TPSA) is 79.8 Å². The van der Waals surface area contributed by atoms with E-state index in [0.717, 1.165) is 18.6 Å². The second-order valence-electron chi connectivity index (χ2n) is 6.97. The largest absolute Gasteiger partial charge is 0.416 e. The van der Waals surface area contributed by atoms with Crippen LogP contribution in [0.25, 0.3) is 22.2 Å². The van der Waals surface area contributed by atoms with Gasteiger partial charge in [0.2, 0.25) is 5.91 Å². The average molecular weight is 401 g/mol. The number of anilines is 1. The summed E-state index contributed by atoms with van der Waals surface area (Å²) in [5, 5.41) is 6.11. The first-order chi connectivity index (χ1) is 13.8. The number of fused-ring (bicyclic) bond motifs is 1. The maximum absolute atomic E-state index is 12.8. The molecule has 1 saturated heterocycles. The number of amides is 1. The molecule has 6 nitrogen and oxygen atoms in total. The quantitative estimate of drug-likeness (QED) is 0.700. The van der Waals surface area contributed by atoms with Crippen LogP contribution in [0.4, 0.5) is 19.0 Å². The Labute approximate surface area is 164 Å². The van der Waals surface area contributed by atoms with Crippen LogP contribution in [0.1, 0.15) is 18.9 Å². The summed E-state index contributed by atoms with van der Waals surface area (Å²) < 4.78 is 38.5. The molecule has 2 atom stereocenters. The van der Waals surface area contributed by atoms with Crippen LogP contribution in [0, 0.1) is 5.92 Å². The van der Waals surface area contributed by atoms with Crippen molar-refractivity contribution in [1.82, 2.24) is 20.3 Å². The Kier molecular flexibility index (Phi) is 4.81. The van der Waals surface area contributed by atoms with Gasteiger partial charge in [-0.3, -0.25) is 9.78 Å². The number of nitrogens with one attached hydrogen (secondary N) is 2. The number of halogens is 3. The fourth-order valence-electron chi connectivity index (χ4n) is 3.43. The second-order valence-corrected chi connectivity index (χ2v) is 6.97. The van der Waals surface area contributed by atoms with Gasteiger partial charge < -0.3 is 10.6 Å². The molecule has 2 aromatic heterocycles. The third kappa shape index (κ3) is 3.72. The van der Waals surface area contributed by atoms with E-state index < -0.39 is 11.7 Å². The summed E-state index contributed by atoms with van der Waals surface area (Å²) in [4.78, 5) is 25.1. The number of nitrogens with zero attached hydrogens (tertiary/aromatic N) is 3. The number of carbonyl (C=O) groups excluding carboxylic acids is 1. The molecule has 3 heterocycles. The lowest BCUT2D eigenvalue weighted by molar-refractivity contribution is -0.137. The van der Waals surface area contributed by atoms with Gasteiger partial charge in [-0.25, -0.2) is 9.97 Å². The Morgan fingerprint density at radius 3 is 2.45 bits per heavy atom. The fourth-order valence-corrected chi connectivity index (χ4v) is 3.43. The van der Waals surface area contributed by atoms with Crippen molar-refractivity contribution in [2.45, 2.75) is 25.6 Å². The molecule has 1 amide bonds. The van der Waals surface area contributed by atoms with Crippen molar-refractivity contribution in [2.75, 3.05) is 11.9 Å². The third-order valence-corrected chi connectivity index (χ3v) is 5.12. The Morgan fingerprint density at radius 1 is 1.07 bits per heavy atom. The highest BCUT2D eigenvalue weighted by Crippen LogP contribution is 2.33. The molecule has 9 heteroatoms. The number of pyridine rings is 1. The number of aromatic nitrogens is 3. The lowest BCUT2D eigenvalue weighted by Gasteiger charge is -2.29. The van der Waals surface area contributed by atoms with Crippen LogP contribution in [-0.4, -0.2) is 33.4 Å². The zero-order chi connectivity index (χ0) is 20.6. The minimum atomic E-state index is -4.39. The van der Waals surface area contributed by atoms with Crippen molar-refractivity contribution < 1.29 is 18.0 Å². The lowest BCUT2D eigenvalue weighted by atomic mass is 9.94. The van der Waals surface area contributed by atoms with Gasteiger partial charge in [-0.1, -0.05) is 19.1 Å². The summed E-state index contributed by atoms with van der Waals surface area (Å²) >= 11 is 0. The molecule has 0 saturated carbocycles. The number of hydrogen-bond donors (Lipinski definition) is 2. The van der Waals surface area contributed by atoms with Crippen molar-refractivity contribution in [1.29, 1.82) is 0 Å². The first-order valence-corrected chi connectivity index (χ1v) is 9.16. The Bertz CT molecular complexity index is 1050. The van der Waals surface area contributed by atoms with E-state index in [1.54, 1.807) is 6.20 Å². The maximum atomic E-state index is 12.8. The highest BCUT2D eigenvalue weighted by atomic mass is 19.4. The van der Waals surface area contributed by atoms with Crippen LogP contribution < -0.4 is 10.6 Å². The molecule has 2 N–H and O–H groups in total. The Morgan fingerprint density at radius 2 is 1.76 bits per heavy atom. The molecule has 29 heavy (non-hydrogen) atoms. The molecule has 1 aromatic carbocycles. The normalized spacial score (nSPS) is 19.8. The summed E-state index contributed by atoms with van der Waals surface area (Å²) in [5.41, 5.74) is 1.46. The first kappa shape index (κ1) is 19.1. The van der Waals surface area contributed by atoms with E-state index in [0.29, 0.717) is 34.5 Å². The lowest BCUT2D eigenvalue weighted by Crippen LogP contribution is -2.46. The van der Waals surface area contributed by atoms with Gasteiger partial charge in [0.15, 0.2) is 5.82 Å². The van der Waals surface area contributed by atoms with E-state index in [9.17, 15) is 18.0 Å². The molecule has 0 radical (unpaired) electrons. The van der Waals surface area contributed by atoms with Crippen LogP contribution in [0.3, 0.4) is 0 Å². The summed E-state index contributed by atoms with van der Waals surface area (Å²) in [7, 11) is 0. The van der Waals surface area contributed by atoms with Gasteiger partial charge in [0.1, 0.15) is 11.0 Å². The van der Waals surface area contributed by atoms with Crippen molar-refractivity contribution >= 4 is 22.8 Å². The summed E-state index contributed by atoms with van der Waals surface area (Å²) in [6, 6.07) is 4.76. The van der Waals surface area contributed by atoms with E-state index in [1.165, 1.54) is 24.5 Å². The van der Waals surface area contributed by atoms with Crippen LogP contribution in [0.15, 0.2) is 42.9 Å². The Hall–Kier alpha value is -3.23. The molecule has 3 aromatic rings. The summed E-state index contributed by atoms with van der Waals surface area (Å²) in [5.74, 6) is 0.243. The molecule has 4 rings (SSSR count). The van der Waals surface area contributed by atoms with Crippen LogP contribution in [-0.2, 0) is 11.0 Å². The highest BCUT2D eigenvalue weighted by molar-refractivity contribution is 5.96. The van der Waals surface area contributed by atoms with E-state index >= 15 is 0 Å².